The molecule has 0 bridgehead atoms. The molecule has 1 unspecified atom stereocenters. The first-order valence-corrected chi connectivity index (χ1v) is 12.4. The predicted octanol–water partition coefficient (Wildman–Crippen LogP) is 4.16. The molecule has 2 aliphatic heterocycles. The number of aliphatic hydroxyl groups excluding tert-OH is 1. The van der Waals surface area contributed by atoms with E-state index < -0.39 is 6.10 Å². The molecule has 184 valence electrons. The number of fused-ring (bicyclic) bond motifs is 1. The Morgan fingerprint density at radius 2 is 1.61 bits per heavy atom. The normalized spacial score (nSPS) is 21.6. The molecule has 0 radical (unpaired) electrons. The molecule has 0 aliphatic carbocycles. The lowest BCUT2D eigenvalue weighted by molar-refractivity contribution is -0.0190. The van der Waals surface area contributed by atoms with Crippen molar-refractivity contribution >= 4 is 11.7 Å². The summed E-state index contributed by atoms with van der Waals surface area (Å²) in [6.07, 6.45) is 0.124. The van der Waals surface area contributed by atoms with Gasteiger partial charge in [0.25, 0.3) is 0 Å². The fourth-order valence-corrected chi connectivity index (χ4v) is 4.93. The Bertz CT molecular complexity index is 1230. The van der Waals surface area contributed by atoms with Crippen LogP contribution in [0.2, 0.25) is 0 Å². The fraction of sp³-hybridized carbons (Fsp3) is 0.300. The number of ether oxygens (including phenoxy) is 1. The zero-order valence-corrected chi connectivity index (χ0v) is 20.4. The van der Waals surface area contributed by atoms with Crippen molar-refractivity contribution in [1.82, 2.24) is 9.80 Å². The van der Waals surface area contributed by atoms with E-state index in [9.17, 15) is 9.90 Å². The van der Waals surface area contributed by atoms with Gasteiger partial charge >= 0.3 is 6.03 Å². The summed E-state index contributed by atoms with van der Waals surface area (Å²) >= 11 is 0. The molecule has 2 amide bonds. The molecule has 2 saturated heterocycles. The van der Waals surface area contributed by atoms with E-state index in [4.69, 9.17) is 4.74 Å². The van der Waals surface area contributed by atoms with Crippen molar-refractivity contribution in [3.63, 3.8) is 0 Å². The Morgan fingerprint density at radius 1 is 0.917 bits per heavy atom. The molecule has 36 heavy (non-hydrogen) atoms. The van der Waals surface area contributed by atoms with Crippen LogP contribution in [0.3, 0.4) is 0 Å². The van der Waals surface area contributed by atoms with Gasteiger partial charge in [0.2, 0.25) is 0 Å². The van der Waals surface area contributed by atoms with Crippen molar-refractivity contribution in [2.45, 2.75) is 24.5 Å². The molecule has 6 nitrogen and oxygen atoms in total. The number of nitrogens with one attached hydrogen (secondary N) is 1. The molecule has 0 saturated carbocycles. The van der Waals surface area contributed by atoms with Crippen molar-refractivity contribution in [2.24, 2.45) is 0 Å². The summed E-state index contributed by atoms with van der Waals surface area (Å²) in [5, 5.41) is 13.5. The Morgan fingerprint density at radius 3 is 2.31 bits per heavy atom. The van der Waals surface area contributed by atoms with E-state index >= 15 is 0 Å². The topological polar surface area (TPSA) is 65.0 Å². The van der Waals surface area contributed by atoms with Crippen LogP contribution >= 0.6 is 0 Å². The smallest absolute Gasteiger partial charge is 0.321 e. The van der Waals surface area contributed by atoms with Crippen LogP contribution in [-0.2, 0) is 0 Å². The molecule has 3 aromatic rings. The minimum absolute atomic E-state index is 0.147. The van der Waals surface area contributed by atoms with Crippen LogP contribution in [0.4, 0.5) is 10.5 Å². The SMILES string of the molecule is COc1ccc(NC(=O)N2CCC(O)CN3C[C@H](c4ccc(C#Cc5ccccc5)cc4)[C@@H]3C2)cc1. The predicted molar refractivity (Wildman–Crippen MR) is 141 cm³/mol. The Hall–Kier alpha value is -3.79. The quantitative estimate of drug-likeness (QED) is 0.552. The van der Waals surface area contributed by atoms with Gasteiger partial charge in [-0.1, -0.05) is 42.2 Å². The van der Waals surface area contributed by atoms with Gasteiger partial charge in [-0.15, -0.1) is 0 Å². The van der Waals surface area contributed by atoms with Gasteiger partial charge in [-0.2, -0.15) is 0 Å². The summed E-state index contributed by atoms with van der Waals surface area (Å²) in [4.78, 5) is 17.2. The van der Waals surface area contributed by atoms with Gasteiger partial charge in [-0.25, -0.2) is 4.79 Å². The first-order valence-electron chi connectivity index (χ1n) is 12.4. The lowest BCUT2D eigenvalue weighted by atomic mass is 9.81. The van der Waals surface area contributed by atoms with E-state index in [1.54, 1.807) is 7.11 Å². The number of rotatable bonds is 3. The van der Waals surface area contributed by atoms with E-state index in [0.717, 1.165) is 29.1 Å². The highest BCUT2D eigenvalue weighted by molar-refractivity contribution is 5.89. The summed E-state index contributed by atoms with van der Waals surface area (Å²) in [5.41, 5.74) is 3.94. The monoisotopic (exact) mass is 481 g/mol. The molecule has 2 aliphatic rings. The van der Waals surface area contributed by atoms with Crippen LogP contribution in [0.5, 0.6) is 5.75 Å². The number of anilines is 1. The highest BCUT2D eigenvalue weighted by atomic mass is 16.5. The third-order valence-corrected chi connectivity index (χ3v) is 7.04. The number of carbonyl (C=O) groups is 1. The zero-order valence-electron chi connectivity index (χ0n) is 20.4. The summed E-state index contributed by atoms with van der Waals surface area (Å²) in [5.74, 6) is 7.49. The van der Waals surface area contributed by atoms with Crippen LogP contribution in [-0.4, -0.2) is 66.4 Å². The van der Waals surface area contributed by atoms with Gasteiger partial charge in [0.1, 0.15) is 5.75 Å². The molecular formula is C30H31N3O3. The maximum Gasteiger partial charge on any atom is 0.321 e. The second-order valence-corrected chi connectivity index (χ2v) is 9.41. The maximum absolute atomic E-state index is 13.1. The second kappa shape index (κ2) is 10.9. The Balaban J connectivity index is 1.27. The second-order valence-electron chi connectivity index (χ2n) is 9.41. The standard InChI is InChI=1S/C30H31N3O3/c1-36-27-15-13-25(14-16-27)31-30(35)32-18-17-26(34)19-33-20-28(29(33)21-32)24-11-9-23(10-12-24)8-7-22-5-3-2-4-6-22/h2-6,9-16,26,28-29,34H,17-21H2,1H3,(H,31,35)/t26?,28-,29+/m1/s1. The number of nitrogens with zero attached hydrogens (tertiary/aromatic N) is 2. The molecule has 3 atom stereocenters. The van der Waals surface area contributed by atoms with Crippen molar-refractivity contribution in [3.8, 4) is 17.6 Å². The van der Waals surface area contributed by atoms with E-state index in [1.807, 2.05) is 59.5 Å². The molecular weight excluding hydrogens is 450 g/mol. The van der Waals surface area contributed by atoms with Gasteiger partial charge in [0.15, 0.2) is 0 Å². The van der Waals surface area contributed by atoms with Crippen molar-refractivity contribution in [1.29, 1.82) is 0 Å². The lowest BCUT2D eigenvalue weighted by Crippen LogP contribution is -2.63. The summed E-state index contributed by atoms with van der Waals surface area (Å²) in [7, 11) is 1.62. The average Bonchev–Trinajstić information content (AvgIpc) is 2.90. The molecule has 2 N–H and O–H groups in total. The molecule has 0 aromatic heterocycles. The van der Waals surface area contributed by atoms with Crippen LogP contribution in [0, 0.1) is 11.8 Å². The van der Waals surface area contributed by atoms with Gasteiger partial charge in [-0.3, -0.25) is 4.90 Å². The van der Waals surface area contributed by atoms with E-state index in [-0.39, 0.29) is 12.1 Å². The number of aliphatic hydroxyl groups is 1. The number of hydrogen-bond acceptors (Lipinski definition) is 4. The van der Waals surface area contributed by atoms with Gasteiger partial charge in [0, 0.05) is 55.0 Å². The minimum Gasteiger partial charge on any atom is -0.497 e. The first-order chi connectivity index (χ1) is 17.6. The van der Waals surface area contributed by atoms with Crippen molar-refractivity contribution in [2.75, 3.05) is 38.6 Å². The van der Waals surface area contributed by atoms with E-state index in [2.05, 4.69) is 46.3 Å². The average molecular weight is 482 g/mol. The van der Waals surface area contributed by atoms with Crippen molar-refractivity contribution < 1.29 is 14.6 Å². The van der Waals surface area contributed by atoms with Gasteiger partial charge in [-0.05, 0) is 60.5 Å². The fourth-order valence-electron chi connectivity index (χ4n) is 4.93. The van der Waals surface area contributed by atoms with E-state index in [0.29, 0.717) is 32.0 Å². The van der Waals surface area contributed by atoms with Crippen LogP contribution in [0.25, 0.3) is 0 Å². The maximum atomic E-state index is 13.1. The zero-order chi connectivity index (χ0) is 24.9. The molecule has 6 heteroatoms. The molecule has 2 fully saturated rings. The summed E-state index contributed by atoms with van der Waals surface area (Å²) < 4.78 is 5.20. The number of hydrogen-bond donors (Lipinski definition) is 2. The summed E-state index contributed by atoms with van der Waals surface area (Å²) in [6, 6.07) is 25.7. The van der Waals surface area contributed by atoms with Crippen LogP contribution < -0.4 is 10.1 Å². The Kier molecular flexibility index (Phi) is 7.22. The number of urea groups is 1. The Labute approximate surface area is 212 Å². The highest BCUT2D eigenvalue weighted by Crippen LogP contribution is 2.36. The van der Waals surface area contributed by atoms with E-state index in [1.165, 1.54) is 5.56 Å². The lowest BCUT2D eigenvalue weighted by Gasteiger charge is -2.52. The van der Waals surface area contributed by atoms with Crippen molar-refractivity contribution in [3.05, 3.63) is 95.6 Å². The largest absolute Gasteiger partial charge is 0.497 e. The highest BCUT2D eigenvalue weighted by Gasteiger charge is 2.43. The van der Waals surface area contributed by atoms with Gasteiger partial charge < -0.3 is 20.1 Å². The third-order valence-electron chi connectivity index (χ3n) is 7.04. The third kappa shape index (κ3) is 5.54. The summed E-state index contributed by atoms with van der Waals surface area (Å²) in [6.45, 7) is 2.67. The number of benzene rings is 3. The number of carbonyl (C=O) groups excluding carboxylic acids is 1. The molecule has 5 rings (SSSR count). The number of methoxy groups -OCH3 is 1. The first kappa shape index (κ1) is 23.9. The minimum atomic E-state index is -0.444. The molecule has 0 spiro atoms. The van der Waals surface area contributed by atoms with Crippen LogP contribution in [0.1, 0.15) is 29.0 Å². The molecule has 2 heterocycles. The number of amides is 2. The van der Waals surface area contributed by atoms with Crippen LogP contribution in [0.15, 0.2) is 78.9 Å². The molecule has 3 aromatic carbocycles. The van der Waals surface area contributed by atoms with Gasteiger partial charge in [0.05, 0.1) is 13.2 Å².